The van der Waals surface area contributed by atoms with Gasteiger partial charge < -0.3 is 4.74 Å². The average molecular weight is 196 g/mol. The van der Waals surface area contributed by atoms with Crippen molar-refractivity contribution < 1.29 is 13.9 Å². The van der Waals surface area contributed by atoms with Crippen LogP contribution in [-0.2, 0) is 11.2 Å². The van der Waals surface area contributed by atoms with Gasteiger partial charge in [-0.15, -0.1) is 0 Å². The molecule has 0 N–H and O–H groups in total. The maximum Gasteiger partial charge on any atom is 0.134 e. The Labute approximate surface area is 82.7 Å². The Kier molecular flexibility index (Phi) is 3.63. The number of hydrogen-bond acceptors (Lipinski definition) is 2. The summed E-state index contributed by atoms with van der Waals surface area (Å²) in [6.45, 7) is 3.80. The number of Topliss-reactive ketones (excluding diaryl/α,β-unsaturated/α-hetero) is 1. The van der Waals surface area contributed by atoms with Crippen LogP contribution in [0.15, 0.2) is 18.2 Å². The summed E-state index contributed by atoms with van der Waals surface area (Å²) in [6, 6.07) is 4.35. The number of halogens is 1. The fraction of sp³-hybridized carbons (Fsp3) is 0.364. The van der Waals surface area contributed by atoms with Gasteiger partial charge >= 0.3 is 0 Å². The van der Waals surface area contributed by atoms with Crippen molar-refractivity contribution in [3.63, 3.8) is 0 Å². The van der Waals surface area contributed by atoms with Crippen molar-refractivity contribution >= 4 is 5.78 Å². The molecule has 0 aliphatic rings. The number of rotatable bonds is 4. The van der Waals surface area contributed by atoms with Gasteiger partial charge in [-0.05, 0) is 31.5 Å². The molecule has 0 unspecified atom stereocenters. The lowest BCUT2D eigenvalue weighted by molar-refractivity contribution is -0.116. The van der Waals surface area contributed by atoms with Gasteiger partial charge in [-0.25, -0.2) is 4.39 Å². The van der Waals surface area contributed by atoms with Crippen molar-refractivity contribution in [3.8, 4) is 5.75 Å². The van der Waals surface area contributed by atoms with Gasteiger partial charge in [0.2, 0.25) is 0 Å². The van der Waals surface area contributed by atoms with Crippen molar-refractivity contribution in [2.45, 2.75) is 20.3 Å². The third-order valence-electron chi connectivity index (χ3n) is 1.70. The maximum atomic E-state index is 13.0. The number of hydrogen-bond donors (Lipinski definition) is 0. The highest BCUT2D eigenvalue weighted by Crippen LogP contribution is 2.16. The van der Waals surface area contributed by atoms with Crippen LogP contribution in [0.2, 0.25) is 0 Å². The Balaban J connectivity index is 2.88. The second-order valence-corrected chi connectivity index (χ2v) is 3.11. The number of carbonyl (C=O) groups excluding carboxylic acids is 1. The van der Waals surface area contributed by atoms with Crippen molar-refractivity contribution in [1.82, 2.24) is 0 Å². The maximum absolute atomic E-state index is 13.0. The molecule has 0 bridgehead atoms. The highest BCUT2D eigenvalue weighted by molar-refractivity contribution is 5.78. The van der Waals surface area contributed by atoms with Crippen molar-refractivity contribution in [1.29, 1.82) is 0 Å². The van der Waals surface area contributed by atoms with E-state index < -0.39 is 0 Å². The SMILES string of the molecule is CCOc1cc(F)cc(CC(C)=O)c1. The predicted octanol–water partition coefficient (Wildman–Crippen LogP) is 2.36. The zero-order chi connectivity index (χ0) is 10.6. The van der Waals surface area contributed by atoms with Gasteiger partial charge in [0.15, 0.2) is 0 Å². The van der Waals surface area contributed by atoms with E-state index in [-0.39, 0.29) is 18.0 Å². The topological polar surface area (TPSA) is 26.3 Å². The summed E-state index contributed by atoms with van der Waals surface area (Å²) >= 11 is 0. The summed E-state index contributed by atoms with van der Waals surface area (Å²) in [5, 5.41) is 0. The Morgan fingerprint density at radius 1 is 1.43 bits per heavy atom. The first-order chi connectivity index (χ1) is 6.61. The van der Waals surface area contributed by atoms with E-state index in [1.54, 1.807) is 6.07 Å². The van der Waals surface area contributed by atoms with Crippen LogP contribution in [0.4, 0.5) is 4.39 Å². The lowest BCUT2D eigenvalue weighted by Crippen LogP contribution is -1.99. The second kappa shape index (κ2) is 4.74. The minimum atomic E-state index is -0.368. The van der Waals surface area contributed by atoms with Gasteiger partial charge in [0.05, 0.1) is 6.61 Å². The molecular weight excluding hydrogens is 183 g/mol. The molecule has 0 aliphatic heterocycles. The molecular formula is C11H13FO2. The van der Waals surface area contributed by atoms with E-state index in [0.717, 1.165) is 0 Å². The van der Waals surface area contributed by atoms with Crippen LogP contribution in [0.25, 0.3) is 0 Å². The molecule has 0 aromatic heterocycles. The Bertz CT molecular complexity index is 334. The van der Waals surface area contributed by atoms with E-state index in [4.69, 9.17) is 4.74 Å². The molecule has 1 rings (SSSR count). The molecule has 2 nitrogen and oxygen atoms in total. The molecule has 0 heterocycles. The molecule has 0 atom stereocenters. The first-order valence-corrected chi connectivity index (χ1v) is 4.53. The molecule has 14 heavy (non-hydrogen) atoms. The Morgan fingerprint density at radius 2 is 2.14 bits per heavy atom. The summed E-state index contributed by atoms with van der Waals surface area (Å²) in [5.74, 6) is 0.119. The summed E-state index contributed by atoms with van der Waals surface area (Å²) in [5.41, 5.74) is 0.654. The van der Waals surface area contributed by atoms with E-state index in [9.17, 15) is 9.18 Å². The normalized spacial score (nSPS) is 9.93. The average Bonchev–Trinajstić information content (AvgIpc) is 2.01. The van der Waals surface area contributed by atoms with Crippen molar-refractivity contribution in [2.75, 3.05) is 6.61 Å². The van der Waals surface area contributed by atoms with Crippen LogP contribution in [0.5, 0.6) is 5.75 Å². The van der Waals surface area contributed by atoms with E-state index in [1.165, 1.54) is 19.1 Å². The van der Waals surface area contributed by atoms with Gasteiger partial charge in [-0.3, -0.25) is 4.79 Å². The molecule has 0 spiro atoms. The zero-order valence-corrected chi connectivity index (χ0v) is 8.34. The first kappa shape index (κ1) is 10.7. The smallest absolute Gasteiger partial charge is 0.134 e. The largest absolute Gasteiger partial charge is 0.494 e. The van der Waals surface area contributed by atoms with E-state index in [0.29, 0.717) is 17.9 Å². The highest BCUT2D eigenvalue weighted by atomic mass is 19.1. The van der Waals surface area contributed by atoms with Crippen LogP contribution in [0.1, 0.15) is 19.4 Å². The Hall–Kier alpha value is -1.38. The van der Waals surface area contributed by atoms with Crippen LogP contribution >= 0.6 is 0 Å². The second-order valence-electron chi connectivity index (χ2n) is 3.11. The van der Waals surface area contributed by atoms with Gasteiger partial charge in [-0.1, -0.05) is 0 Å². The molecule has 3 heteroatoms. The van der Waals surface area contributed by atoms with Crippen LogP contribution in [-0.4, -0.2) is 12.4 Å². The van der Waals surface area contributed by atoms with E-state index in [1.807, 2.05) is 6.92 Å². The van der Waals surface area contributed by atoms with Crippen LogP contribution in [0, 0.1) is 5.82 Å². The summed E-state index contributed by atoms with van der Waals surface area (Å²) in [6.07, 6.45) is 0.248. The van der Waals surface area contributed by atoms with E-state index in [2.05, 4.69) is 0 Å². The summed E-state index contributed by atoms with van der Waals surface area (Å²) in [7, 11) is 0. The van der Waals surface area contributed by atoms with Gasteiger partial charge in [0.25, 0.3) is 0 Å². The third-order valence-corrected chi connectivity index (χ3v) is 1.70. The van der Waals surface area contributed by atoms with E-state index >= 15 is 0 Å². The van der Waals surface area contributed by atoms with Crippen molar-refractivity contribution in [3.05, 3.63) is 29.6 Å². The number of ether oxygens (including phenoxy) is 1. The van der Waals surface area contributed by atoms with Crippen molar-refractivity contribution in [2.24, 2.45) is 0 Å². The van der Waals surface area contributed by atoms with Crippen LogP contribution < -0.4 is 4.74 Å². The van der Waals surface area contributed by atoms with Gasteiger partial charge in [0.1, 0.15) is 17.3 Å². The minimum Gasteiger partial charge on any atom is -0.494 e. The molecule has 1 aromatic carbocycles. The standard InChI is InChI=1S/C11H13FO2/c1-3-14-11-6-9(4-8(2)13)5-10(12)7-11/h5-7H,3-4H2,1-2H3. The molecule has 0 saturated carbocycles. The highest BCUT2D eigenvalue weighted by Gasteiger charge is 2.03. The quantitative estimate of drug-likeness (QED) is 0.738. The fourth-order valence-electron chi connectivity index (χ4n) is 1.26. The third kappa shape index (κ3) is 3.17. The minimum absolute atomic E-state index is 0.0121. The predicted molar refractivity (Wildman–Crippen MR) is 52.0 cm³/mol. The molecule has 0 saturated heterocycles. The molecule has 0 aliphatic carbocycles. The molecule has 76 valence electrons. The summed E-state index contributed by atoms with van der Waals surface area (Å²) < 4.78 is 18.2. The molecule has 0 fully saturated rings. The lowest BCUT2D eigenvalue weighted by Gasteiger charge is -2.05. The summed E-state index contributed by atoms with van der Waals surface area (Å²) in [4.78, 5) is 10.8. The number of carbonyl (C=O) groups is 1. The monoisotopic (exact) mass is 196 g/mol. The Morgan fingerprint density at radius 3 is 2.71 bits per heavy atom. The van der Waals surface area contributed by atoms with Crippen LogP contribution in [0.3, 0.4) is 0 Å². The number of ketones is 1. The number of benzene rings is 1. The molecule has 1 aromatic rings. The van der Waals surface area contributed by atoms with Gasteiger partial charge in [0, 0.05) is 12.5 Å². The zero-order valence-electron chi connectivity index (χ0n) is 8.34. The molecule has 0 amide bonds. The first-order valence-electron chi connectivity index (χ1n) is 4.53. The van der Waals surface area contributed by atoms with Gasteiger partial charge in [-0.2, -0.15) is 0 Å². The fourth-order valence-corrected chi connectivity index (χ4v) is 1.26. The molecule has 0 radical (unpaired) electrons. The lowest BCUT2D eigenvalue weighted by atomic mass is 10.1.